The normalized spacial score (nSPS) is 26.1. The Morgan fingerprint density at radius 2 is 2.47 bits per heavy atom. The number of nitrogens with one attached hydrogen (secondary N) is 1. The van der Waals surface area contributed by atoms with Crippen LogP contribution in [0.5, 0.6) is 0 Å². The Morgan fingerprint density at radius 1 is 1.60 bits per heavy atom. The fourth-order valence-electron chi connectivity index (χ4n) is 1.65. The fourth-order valence-corrected chi connectivity index (χ4v) is 1.65. The molecule has 0 unspecified atom stereocenters. The van der Waals surface area contributed by atoms with Crippen molar-refractivity contribution in [1.82, 2.24) is 10.3 Å². The molecule has 82 valence electrons. The largest absolute Gasteiger partial charge is 0.465 e. The highest BCUT2D eigenvalue weighted by Gasteiger charge is 2.25. The summed E-state index contributed by atoms with van der Waals surface area (Å²) in [6.07, 6.45) is 3.36. The van der Waals surface area contributed by atoms with Crippen LogP contribution in [-0.4, -0.2) is 28.8 Å². The Bertz CT molecular complexity index is 317. The van der Waals surface area contributed by atoms with Gasteiger partial charge in [0.05, 0.1) is 18.8 Å². The maximum atomic E-state index is 10.4. The van der Waals surface area contributed by atoms with Crippen LogP contribution in [0.2, 0.25) is 0 Å². The average molecular weight is 212 g/mol. The van der Waals surface area contributed by atoms with Gasteiger partial charge in [0.25, 0.3) is 0 Å². The number of carbonyl (C=O) groups is 1. The van der Waals surface area contributed by atoms with Crippen LogP contribution in [0, 0.1) is 0 Å². The zero-order chi connectivity index (χ0) is 10.7. The molecule has 1 aromatic heterocycles. The van der Waals surface area contributed by atoms with Gasteiger partial charge in [-0.1, -0.05) is 0 Å². The molecule has 0 aromatic carbocycles. The minimum atomic E-state index is -1.01. The van der Waals surface area contributed by atoms with Crippen molar-refractivity contribution in [2.24, 2.45) is 0 Å². The molecule has 6 heteroatoms. The summed E-state index contributed by atoms with van der Waals surface area (Å²) in [4.78, 5) is 14.2. The first-order chi connectivity index (χ1) is 7.25. The van der Waals surface area contributed by atoms with Gasteiger partial charge in [0.1, 0.15) is 6.10 Å². The summed E-state index contributed by atoms with van der Waals surface area (Å²) in [5, 5.41) is 10.9. The molecule has 2 atom stereocenters. The standard InChI is InChI=1S/C9H12N2O4/c12-9(13)11-6-1-2-7(14-4-6)8-3-10-5-15-8/h3,5-7,11H,1-2,4H2,(H,12,13)/t6-,7-/m1/s1. The van der Waals surface area contributed by atoms with E-state index in [9.17, 15) is 4.79 Å². The molecule has 1 aliphatic heterocycles. The monoisotopic (exact) mass is 212 g/mol. The summed E-state index contributed by atoms with van der Waals surface area (Å²) in [6, 6.07) is -0.123. The molecule has 0 radical (unpaired) electrons. The van der Waals surface area contributed by atoms with E-state index in [1.807, 2.05) is 0 Å². The van der Waals surface area contributed by atoms with Gasteiger partial charge in [-0.2, -0.15) is 0 Å². The molecular weight excluding hydrogens is 200 g/mol. The molecule has 1 aliphatic rings. The molecule has 0 saturated carbocycles. The first kappa shape index (κ1) is 9.97. The number of nitrogens with zero attached hydrogens (tertiary/aromatic N) is 1. The predicted molar refractivity (Wildman–Crippen MR) is 49.4 cm³/mol. The fraction of sp³-hybridized carbons (Fsp3) is 0.556. The molecule has 6 nitrogen and oxygen atoms in total. The van der Waals surface area contributed by atoms with E-state index in [1.54, 1.807) is 6.20 Å². The molecule has 15 heavy (non-hydrogen) atoms. The third kappa shape index (κ3) is 2.47. The number of ether oxygens (including phenoxy) is 1. The first-order valence-electron chi connectivity index (χ1n) is 4.75. The topological polar surface area (TPSA) is 84.6 Å². The van der Waals surface area contributed by atoms with Gasteiger partial charge in [0.15, 0.2) is 12.2 Å². The van der Waals surface area contributed by atoms with Gasteiger partial charge in [-0.3, -0.25) is 0 Å². The van der Waals surface area contributed by atoms with Crippen LogP contribution in [-0.2, 0) is 4.74 Å². The summed E-state index contributed by atoms with van der Waals surface area (Å²) in [6.45, 7) is 0.373. The molecule has 0 spiro atoms. The quantitative estimate of drug-likeness (QED) is 0.768. The smallest absolute Gasteiger partial charge is 0.404 e. The molecule has 2 heterocycles. The van der Waals surface area contributed by atoms with Crippen LogP contribution in [0.4, 0.5) is 4.79 Å². The minimum Gasteiger partial charge on any atom is -0.465 e. The molecule has 1 amide bonds. The van der Waals surface area contributed by atoms with E-state index in [4.69, 9.17) is 14.3 Å². The summed E-state index contributed by atoms with van der Waals surface area (Å²) in [5.74, 6) is 0.698. The molecule has 1 saturated heterocycles. The lowest BCUT2D eigenvalue weighted by atomic mass is 10.0. The van der Waals surface area contributed by atoms with Gasteiger partial charge in [0.2, 0.25) is 0 Å². The van der Waals surface area contributed by atoms with Crippen molar-refractivity contribution in [1.29, 1.82) is 0 Å². The highest BCUT2D eigenvalue weighted by Crippen LogP contribution is 2.27. The van der Waals surface area contributed by atoms with Crippen molar-refractivity contribution in [2.45, 2.75) is 25.0 Å². The lowest BCUT2D eigenvalue weighted by Crippen LogP contribution is -2.40. The third-order valence-electron chi connectivity index (χ3n) is 2.37. The zero-order valence-electron chi connectivity index (χ0n) is 8.05. The number of amides is 1. The van der Waals surface area contributed by atoms with Gasteiger partial charge in [-0.05, 0) is 12.8 Å². The number of carboxylic acid groups (broad SMARTS) is 1. The summed E-state index contributed by atoms with van der Waals surface area (Å²) >= 11 is 0. The Morgan fingerprint density at radius 3 is 3.00 bits per heavy atom. The zero-order valence-corrected chi connectivity index (χ0v) is 8.05. The van der Waals surface area contributed by atoms with E-state index in [1.165, 1.54) is 6.39 Å². The Labute approximate surface area is 86.2 Å². The second-order valence-corrected chi connectivity index (χ2v) is 3.45. The SMILES string of the molecule is O=C(O)N[C@@H]1CC[C@H](c2cnco2)OC1. The summed E-state index contributed by atoms with van der Waals surface area (Å²) in [5.41, 5.74) is 0. The van der Waals surface area contributed by atoms with E-state index < -0.39 is 6.09 Å². The Kier molecular flexibility index (Phi) is 2.86. The number of rotatable bonds is 2. The molecule has 1 aromatic rings. The van der Waals surface area contributed by atoms with Gasteiger partial charge in [-0.15, -0.1) is 0 Å². The average Bonchev–Trinajstić information content (AvgIpc) is 2.71. The maximum absolute atomic E-state index is 10.4. The van der Waals surface area contributed by atoms with Crippen LogP contribution in [0.1, 0.15) is 24.7 Å². The van der Waals surface area contributed by atoms with Crippen molar-refractivity contribution < 1.29 is 19.1 Å². The van der Waals surface area contributed by atoms with Crippen LogP contribution in [0.3, 0.4) is 0 Å². The van der Waals surface area contributed by atoms with Crippen molar-refractivity contribution in [2.75, 3.05) is 6.61 Å². The number of hydrogen-bond donors (Lipinski definition) is 2. The second-order valence-electron chi connectivity index (χ2n) is 3.45. The van der Waals surface area contributed by atoms with Crippen molar-refractivity contribution in [3.05, 3.63) is 18.4 Å². The van der Waals surface area contributed by atoms with E-state index in [-0.39, 0.29) is 12.1 Å². The maximum Gasteiger partial charge on any atom is 0.404 e. The van der Waals surface area contributed by atoms with Gasteiger partial charge < -0.3 is 19.6 Å². The molecule has 1 fully saturated rings. The van der Waals surface area contributed by atoms with Crippen LogP contribution < -0.4 is 5.32 Å². The van der Waals surface area contributed by atoms with Crippen molar-refractivity contribution in [3.63, 3.8) is 0 Å². The van der Waals surface area contributed by atoms with Crippen molar-refractivity contribution in [3.8, 4) is 0 Å². The highest BCUT2D eigenvalue weighted by molar-refractivity contribution is 5.64. The van der Waals surface area contributed by atoms with Gasteiger partial charge in [-0.25, -0.2) is 9.78 Å². The lowest BCUT2D eigenvalue weighted by Gasteiger charge is -2.27. The van der Waals surface area contributed by atoms with E-state index >= 15 is 0 Å². The molecular formula is C9H12N2O4. The third-order valence-corrected chi connectivity index (χ3v) is 2.37. The summed E-state index contributed by atoms with van der Waals surface area (Å²) < 4.78 is 10.6. The molecule has 0 bridgehead atoms. The Hall–Kier alpha value is -1.56. The van der Waals surface area contributed by atoms with E-state index in [0.717, 1.165) is 12.8 Å². The number of oxazole rings is 1. The molecule has 0 aliphatic carbocycles. The van der Waals surface area contributed by atoms with Crippen LogP contribution in [0.25, 0.3) is 0 Å². The number of aromatic nitrogens is 1. The minimum absolute atomic E-state index is 0.0978. The first-order valence-corrected chi connectivity index (χ1v) is 4.75. The molecule has 2 rings (SSSR count). The van der Waals surface area contributed by atoms with Gasteiger partial charge >= 0.3 is 6.09 Å². The highest BCUT2D eigenvalue weighted by atomic mass is 16.5. The Balaban J connectivity index is 1.84. The lowest BCUT2D eigenvalue weighted by molar-refractivity contribution is -0.0145. The predicted octanol–water partition coefficient (Wildman–Crippen LogP) is 1.16. The van der Waals surface area contributed by atoms with E-state index in [2.05, 4.69) is 10.3 Å². The van der Waals surface area contributed by atoms with E-state index in [0.29, 0.717) is 12.4 Å². The van der Waals surface area contributed by atoms with Crippen LogP contribution >= 0.6 is 0 Å². The van der Waals surface area contributed by atoms with Gasteiger partial charge in [0, 0.05) is 0 Å². The summed E-state index contributed by atoms with van der Waals surface area (Å²) in [7, 11) is 0. The second kappa shape index (κ2) is 4.31. The van der Waals surface area contributed by atoms with Crippen molar-refractivity contribution >= 4 is 6.09 Å². The number of hydrogen-bond acceptors (Lipinski definition) is 4. The molecule has 2 N–H and O–H groups in total. The van der Waals surface area contributed by atoms with Crippen LogP contribution in [0.15, 0.2) is 17.0 Å².